The maximum absolute atomic E-state index is 12.9. The molecule has 1 aliphatic carbocycles. The number of aromatic nitrogens is 2. The van der Waals surface area contributed by atoms with Crippen molar-refractivity contribution in [3.63, 3.8) is 0 Å². The van der Waals surface area contributed by atoms with Gasteiger partial charge in [-0.3, -0.25) is 9.78 Å². The largest absolute Gasteiger partial charge is 0.365 e. The van der Waals surface area contributed by atoms with Crippen molar-refractivity contribution in [1.29, 1.82) is 0 Å². The molecule has 1 aliphatic rings. The van der Waals surface area contributed by atoms with Crippen LogP contribution in [0.3, 0.4) is 0 Å². The van der Waals surface area contributed by atoms with Crippen LogP contribution in [0.1, 0.15) is 28.4 Å². The van der Waals surface area contributed by atoms with E-state index in [0.29, 0.717) is 11.7 Å². The van der Waals surface area contributed by atoms with Gasteiger partial charge in [0.2, 0.25) is 0 Å². The van der Waals surface area contributed by atoms with Crippen molar-refractivity contribution in [2.45, 2.75) is 18.4 Å². The highest BCUT2D eigenvalue weighted by Gasteiger charge is 2.38. The van der Waals surface area contributed by atoms with E-state index in [1.54, 1.807) is 18.3 Å². The number of halogens is 1. The zero-order valence-electron chi connectivity index (χ0n) is 10.6. The van der Waals surface area contributed by atoms with Gasteiger partial charge in [-0.1, -0.05) is 12.1 Å². The predicted octanol–water partition coefficient (Wildman–Crippen LogP) is 1.68. The summed E-state index contributed by atoms with van der Waals surface area (Å²) in [7, 11) is 0. The number of carbonyl (C=O) groups excluding carboxylic acids is 1. The molecule has 1 aromatic carbocycles. The smallest absolute Gasteiger partial charge is 0.268 e. The van der Waals surface area contributed by atoms with Gasteiger partial charge in [0.05, 0.1) is 12.4 Å². The number of rotatable bonds is 4. The van der Waals surface area contributed by atoms with Gasteiger partial charge in [-0.15, -0.1) is 0 Å². The fraction of sp³-hybridized carbons (Fsp3) is 0.214. The molecule has 5 nitrogen and oxygen atoms in total. The Hall–Kier alpha value is -2.50. The number of carbonyl (C=O) groups is 1. The number of hydrogen-bond acceptors (Lipinski definition) is 4. The van der Waals surface area contributed by atoms with E-state index < -0.39 is 5.91 Å². The molecule has 1 amide bonds. The van der Waals surface area contributed by atoms with Crippen LogP contribution in [-0.4, -0.2) is 21.9 Å². The van der Waals surface area contributed by atoms with Crippen LogP contribution in [0, 0.1) is 5.82 Å². The Morgan fingerprint density at radius 1 is 1.30 bits per heavy atom. The Bertz CT molecular complexity index is 644. The summed E-state index contributed by atoms with van der Waals surface area (Å²) in [4.78, 5) is 19.0. The van der Waals surface area contributed by atoms with Gasteiger partial charge in [0.25, 0.3) is 5.91 Å². The van der Waals surface area contributed by atoms with Gasteiger partial charge in [0.15, 0.2) is 0 Å². The summed E-state index contributed by atoms with van der Waals surface area (Å²) >= 11 is 0. The van der Waals surface area contributed by atoms with E-state index in [9.17, 15) is 9.18 Å². The number of nitrogens with two attached hydrogens (primary N) is 1. The first-order valence-corrected chi connectivity index (χ1v) is 6.27. The van der Waals surface area contributed by atoms with Crippen LogP contribution in [-0.2, 0) is 0 Å². The topological polar surface area (TPSA) is 80.9 Å². The molecule has 20 heavy (non-hydrogen) atoms. The zero-order chi connectivity index (χ0) is 14.1. The third kappa shape index (κ3) is 2.59. The summed E-state index contributed by atoms with van der Waals surface area (Å²) in [6.45, 7) is 0. The third-order valence-corrected chi connectivity index (χ3v) is 3.31. The summed E-state index contributed by atoms with van der Waals surface area (Å²) in [6.07, 6.45) is 3.82. The van der Waals surface area contributed by atoms with Gasteiger partial charge < -0.3 is 11.1 Å². The molecule has 1 aromatic heterocycles. The van der Waals surface area contributed by atoms with E-state index in [2.05, 4.69) is 15.3 Å². The predicted molar refractivity (Wildman–Crippen MR) is 71.7 cm³/mol. The quantitative estimate of drug-likeness (QED) is 0.887. The summed E-state index contributed by atoms with van der Waals surface area (Å²) in [6, 6.07) is 6.70. The Labute approximate surface area is 115 Å². The molecule has 6 heteroatoms. The first-order chi connectivity index (χ1) is 9.63. The molecule has 2 aromatic rings. The lowest BCUT2D eigenvalue weighted by atomic mass is 10.1. The van der Waals surface area contributed by atoms with Gasteiger partial charge in [-0.05, 0) is 24.1 Å². The molecular weight excluding hydrogens is 259 g/mol. The average Bonchev–Trinajstić information content (AvgIpc) is 3.19. The van der Waals surface area contributed by atoms with Crippen LogP contribution >= 0.6 is 0 Å². The average molecular weight is 272 g/mol. The molecule has 3 N–H and O–H groups in total. The minimum atomic E-state index is -0.605. The minimum Gasteiger partial charge on any atom is -0.365 e. The first-order valence-electron chi connectivity index (χ1n) is 6.27. The van der Waals surface area contributed by atoms with E-state index in [1.165, 1.54) is 18.3 Å². The van der Waals surface area contributed by atoms with Crippen LogP contribution in [0.2, 0.25) is 0 Å². The second kappa shape index (κ2) is 4.88. The van der Waals surface area contributed by atoms with Crippen molar-refractivity contribution < 1.29 is 9.18 Å². The van der Waals surface area contributed by atoms with Gasteiger partial charge in [0, 0.05) is 12.0 Å². The van der Waals surface area contributed by atoms with Crippen LogP contribution in [0.25, 0.3) is 0 Å². The molecule has 1 heterocycles. The van der Waals surface area contributed by atoms with E-state index in [1.807, 2.05) is 0 Å². The van der Waals surface area contributed by atoms with Crippen molar-refractivity contribution in [2.75, 3.05) is 5.32 Å². The molecular formula is C14H13FN4O. The number of benzene rings is 1. The van der Waals surface area contributed by atoms with Crippen molar-refractivity contribution in [3.8, 4) is 0 Å². The number of anilines is 1. The SMILES string of the molecule is NC(=O)c1cncc(N[C@@H]2C[C@H]2c2ccc(F)cc2)n1. The van der Waals surface area contributed by atoms with Gasteiger partial charge in [0.1, 0.15) is 17.3 Å². The number of hydrogen-bond donors (Lipinski definition) is 2. The maximum Gasteiger partial charge on any atom is 0.268 e. The Kier molecular flexibility index (Phi) is 3.06. The lowest BCUT2D eigenvalue weighted by molar-refractivity contribution is 0.0995. The molecule has 1 saturated carbocycles. The van der Waals surface area contributed by atoms with Gasteiger partial charge in [-0.25, -0.2) is 9.37 Å². The van der Waals surface area contributed by atoms with Gasteiger partial charge in [-0.2, -0.15) is 0 Å². The highest BCUT2D eigenvalue weighted by molar-refractivity contribution is 5.90. The first kappa shape index (κ1) is 12.5. The van der Waals surface area contributed by atoms with Crippen LogP contribution < -0.4 is 11.1 Å². The van der Waals surface area contributed by atoms with Crippen molar-refractivity contribution in [1.82, 2.24) is 9.97 Å². The second-order valence-electron chi connectivity index (χ2n) is 4.80. The summed E-state index contributed by atoms with van der Waals surface area (Å²) < 4.78 is 12.9. The molecule has 0 radical (unpaired) electrons. The summed E-state index contributed by atoms with van der Waals surface area (Å²) in [5.74, 6) is 0.0107. The Morgan fingerprint density at radius 3 is 2.75 bits per heavy atom. The molecule has 0 bridgehead atoms. The molecule has 0 unspecified atom stereocenters. The lowest BCUT2D eigenvalue weighted by Crippen LogP contribution is -2.15. The second-order valence-corrected chi connectivity index (χ2v) is 4.80. The number of nitrogens with one attached hydrogen (secondary N) is 1. The van der Waals surface area contributed by atoms with Crippen molar-refractivity contribution in [3.05, 3.63) is 53.7 Å². The van der Waals surface area contributed by atoms with E-state index in [-0.39, 0.29) is 17.6 Å². The fourth-order valence-corrected chi connectivity index (χ4v) is 2.18. The normalized spacial score (nSPS) is 20.4. The highest BCUT2D eigenvalue weighted by atomic mass is 19.1. The van der Waals surface area contributed by atoms with E-state index in [4.69, 9.17) is 5.73 Å². The van der Waals surface area contributed by atoms with E-state index >= 15 is 0 Å². The molecule has 0 saturated heterocycles. The molecule has 3 rings (SSSR count). The van der Waals surface area contributed by atoms with Crippen molar-refractivity contribution >= 4 is 11.7 Å². The Morgan fingerprint density at radius 2 is 2.05 bits per heavy atom. The lowest BCUT2D eigenvalue weighted by Gasteiger charge is -2.05. The number of nitrogens with zero attached hydrogens (tertiary/aromatic N) is 2. The summed E-state index contributed by atoms with van der Waals surface area (Å²) in [5.41, 5.74) is 6.38. The van der Waals surface area contributed by atoms with Gasteiger partial charge >= 0.3 is 0 Å². The highest BCUT2D eigenvalue weighted by Crippen LogP contribution is 2.42. The molecule has 1 fully saturated rings. The summed E-state index contributed by atoms with van der Waals surface area (Å²) in [5, 5.41) is 3.20. The van der Waals surface area contributed by atoms with Crippen LogP contribution in [0.15, 0.2) is 36.7 Å². The fourth-order valence-electron chi connectivity index (χ4n) is 2.18. The molecule has 0 aliphatic heterocycles. The Balaban J connectivity index is 1.67. The van der Waals surface area contributed by atoms with Crippen LogP contribution in [0.5, 0.6) is 0 Å². The third-order valence-electron chi connectivity index (χ3n) is 3.31. The number of primary amides is 1. The standard InChI is InChI=1S/C14H13FN4O/c15-9-3-1-8(2-4-9)10-5-11(10)18-13-7-17-6-12(19-13)14(16)20/h1-4,6-7,10-11H,5H2,(H2,16,20)(H,18,19)/t10-,11+/m0/s1. The van der Waals surface area contributed by atoms with Crippen LogP contribution in [0.4, 0.5) is 10.2 Å². The minimum absolute atomic E-state index is 0.133. The van der Waals surface area contributed by atoms with E-state index in [0.717, 1.165) is 12.0 Å². The molecule has 0 spiro atoms. The monoisotopic (exact) mass is 272 g/mol. The number of amides is 1. The molecule has 102 valence electrons. The molecule has 2 atom stereocenters. The van der Waals surface area contributed by atoms with Crippen molar-refractivity contribution in [2.24, 2.45) is 5.73 Å². The zero-order valence-corrected chi connectivity index (χ0v) is 10.6. The maximum atomic E-state index is 12.9.